The zero-order valence-corrected chi connectivity index (χ0v) is 12.5. The van der Waals surface area contributed by atoms with Crippen molar-refractivity contribution < 1.29 is 9.26 Å². The van der Waals surface area contributed by atoms with E-state index in [9.17, 15) is 0 Å². The smallest absolute Gasteiger partial charge is 0.259 e. The van der Waals surface area contributed by atoms with Crippen molar-refractivity contribution in [3.05, 3.63) is 29.0 Å². The molecule has 0 saturated heterocycles. The first-order valence-electron chi connectivity index (χ1n) is 6.53. The predicted octanol–water partition coefficient (Wildman–Crippen LogP) is 3.71. The lowest BCUT2D eigenvalue weighted by molar-refractivity contribution is 0.0217. The first-order valence-corrected chi connectivity index (χ1v) is 6.91. The van der Waals surface area contributed by atoms with Crippen LogP contribution in [0.3, 0.4) is 0 Å². The molecule has 1 unspecified atom stereocenters. The number of aromatic nitrogens is 2. The summed E-state index contributed by atoms with van der Waals surface area (Å²) in [4.78, 5) is 4.38. The van der Waals surface area contributed by atoms with E-state index >= 15 is 0 Å². The van der Waals surface area contributed by atoms with Crippen molar-refractivity contribution in [2.45, 2.75) is 26.9 Å². The Labute approximate surface area is 123 Å². The molecular weight excluding hydrogens is 278 g/mol. The third-order valence-corrected chi connectivity index (χ3v) is 3.18. The van der Waals surface area contributed by atoms with Crippen molar-refractivity contribution in [3.8, 4) is 11.5 Å². The van der Waals surface area contributed by atoms with Crippen LogP contribution in [0.15, 0.2) is 22.7 Å². The van der Waals surface area contributed by atoms with Crippen molar-refractivity contribution in [2.75, 3.05) is 12.3 Å². The minimum absolute atomic E-state index is 0.190. The van der Waals surface area contributed by atoms with Crippen LogP contribution < -0.4 is 5.73 Å². The summed E-state index contributed by atoms with van der Waals surface area (Å²) in [6.45, 7) is 6.63. The Bertz CT molecular complexity index is 584. The third kappa shape index (κ3) is 3.11. The number of nitrogens with zero attached hydrogens (tertiary/aromatic N) is 2. The molecule has 0 aliphatic rings. The fourth-order valence-corrected chi connectivity index (χ4v) is 2.18. The first kappa shape index (κ1) is 14.8. The molecule has 0 aliphatic carbocycles. The number of hydrogen-bond acceptors (Lipinski definition) is 5. The van der Waals surface area contributed by atoms with Crippen LogP contribution >= 0.6 is 11.6 Å². The number of nitrogens with two attached hydrogens (primary N) is 1. The minimum atomic E-state index is -0.190. The van der Waals surface area contributed by atoms with E-state index in [1.807, 2.05) is 20.8 Å². The number of ether oxygens (including phenoxy) is 1. The largest absolute Gasteiger partial charge is 0.399 e. The Morgan fingerprint density at radius 1 is 1.40 bits per heavy atom. The van der Waals surface area contributed by atoms with Crippen molar-refractivity contribution in [1.82, 2.24) is 10.1 Å². The molecule has 0 saturated carbocycles. The molecule has 5 nitrogen and oxygen atoms in total. The molecule has 0 aliphatic heterocycles. The van der Waals surface area contributed by atoms with Crippen molar-refractivity contribution in [1.29, 1.82) is 0 Å². The summed E-state index contributed by atoms with van der Waals surface area (Å²) < 4.78 is 10.9. The molecule has 1 aromatic carbocycles. The van der Waals surface area contributed by atoms with Gasteiger partial charge in [-0.1, -0.05) is 30.6 Å². The van der Waals surface area contributed by atoms with E-state index in [-0.39, 0.29) is 12.0 Å². The van der Waals surface area contributed by atoms with Crippen LogP contribution in [-0.4, -0.2) is 16.7 Å². The van der Waals surface area contributed by atoms with Gasteiger partial charge in [-0.25, -0.2) is 0 Å². The van der Waals surface area contributed by atoms with Gasteiger partial charge >= 0.3 is 0 Å². The van der Waals surface area contributed by atoms with Gasteiger partial charge in [-0.05, 0) is 31.0 Å². The Morgan fingerprint density at radius 2 is 2.15 bits per heavy atom. The maximum Gasteiger partial charge on any atom is 0.259 e. The number of anilines is 1. The number of benzene rings is 1. The normalized spacial score (nSPS) is 12.8. The Morgan fingerprint density at radius 3 is 2.75 bits per heavy atom. The highest BCUT2D eigenvalue weighted by atomic mass is 35.5. The fourth-order valence-electron chi connectivity index (χ4n) is 1.91. The van der Waals surface area contributed by atoms with Crippen LogP contribution in [0.25, 0.3) is 11.5 Å². The molecule has 1 aromatic heterocycles. The zero-order valence-electron chi connectivity index (χ0n) is 11.8. The number of halogens is 1. The molecule has 1 heterocycles. The van der Waals surface area contributed by atoms with Crippen LogP contribution in [0, 0.1) is 5.92 Å². The monoisotopic (exact) mass is 295 g/mol. The molecule has 2 rings (SSSR count). The Kier molecular flexibility index (Phi) is 4.62. The first-order chi connectivity index (χ1) is 9.52. The van der Waals surface area contributed by atoms with Gasteiger partial charge in [0.15, 0.2) is 0 Å². The lowest BCUT2D eigenvalue weighted by atomic mass is 10.1. The second-order valence-electron chi connectivity index (χ2n) is 4.82. The summed E-state index contributed by atoms with van der Waals surface area (Å²) in [5, 5.41) is 4.48. The highest BCUT2D eigenvalue weighted by molar-refractivity contribution is 6.33. The van der Waals surface area contributed by atoms with E-state index < -0.39 is 0 Å². The zero-order chi connectivity index (χ0) is 14.7. The van der Waals surface area contributed by atoms with Gasteiger partial charge in [0.25, 0.3) is 5.89 Å². The molecule has 0 fully saturated rings. The Balaban J connectivity index is 2.32. The molecule has 108 valence electrons. The van der Waals surface area contributed by atoms with E-state index in [1.54, 1.807) is 18.2 Å². The molecule has 0 spiro atoms. The average Bonchev–Trinajstić information content (AvgIpc) is 2.84. The maximum atomic E-state index is 6.14. The lowest BCUT2D eigenvalue weighted by Gasteiger charge is -2.16. The quantitative estimate of drug-likeness (QED) is 0.851. The van der Waals surface area contributed by atoms with E-state index in [2.05, 4.69) is 10.1 Å². The van der Waals surface area contributed by atoms with E-state index in [0.29, 0.717) is 34.6 Å². The fraction of sp³-hybridized carbons (Fsp3) is 0.429. The van der Waals surface area contributed by atoms with E-state index in [4.69, 9.17) is 26.6 Å². The number of hydrogen-bond donors (Lipinski definition) is 1. The van der Waals surface area contributed by atoms with Gasteiger partial charge in [0, 0.05) is 12.3 Å². The van der Waals surface area contributed by atoms with Crippen molar-refractivity contribution in [2.24, 2.45) is 5.92 Å². The van der Waals surface area contributed by atoms with Crippen molar-refractivity contribution in [3.63, 3.8) is 0 Å². The summed E-state index contributed by atoms with van der Waals surface area (Å²) in [6.07, 6.45) is -0.190. The van der Waals surface area contributed by atoms with Gasteiger partial charge in [0.1, 0.15) is 6.10 Å². The SMILES string of the molecule is CCOC(c1noc(-c2ccc(N)cc2Cl)n1)C(C)C. The molecule has 0 amide bonds. The average molecular weight is 296 g/mol. The summed E-state index contributed by atoms with van der Waals surface area (Å²) in [5.41, 5.74) is 6.92. The Hall–Kier alpha value is -1.59. The molecule has 2 N–H and O–H groups in total. The maximum absolute atomic E-state index is 6.14. The third-order valence-electron chi connectivity index (χ3n) is 2.87. The highest BCUT2D eigenvalue weighted by Crippen LogP contribution is 2.30. The van der Waals surface area contributed by atoms with Crippen LogP contribution in [-0.2, 0) is 4.74 Å². The van der Waals surface area contributed by atoms with Gasteiger partial charge in [-0.15, -0.1) is 0 Å². The summed E-state index contributed by atoms with van der Waals surface area (Å²) in [5.74, 6) is 1.15. The number of nitrogen functional groups attached to an aromatic ring is 1. The van der Waals surface area contributed by atoms with Crippen LogP contribution in [0.1, 0.15) is 32.7 Å². The topological polar surface area (TPSA) is 74.2 Å². The van der Waals surface area contributed by atoms with Gasteiger partial charge in [0.05, 0.1) is 10.6 Å². The number of rotatable bonds is 5. The second-order valence-corrected chi connectivity index (χ2v) is 5.22. The van der Waals surface area contributed by atoms with Crippen LogP contribution in [0.2, 0.25) is 5.02 Å². The summed E-state index contributed by atoms with van der Waals surface area (Å²) >= 11 is 6.14. The molecule has 1 atom stereocenters. The van der Waals surface area contributed by atoms with Gasteiger partial charge in [0.2, 0.25) is 5.82 Å². The summed E-state index contributed by atoms with van der Waals surface area (Å²) in [6, 6.07) is 5.16. The van der Waals surface area contributed by atoms with E-state index in [0.717, 1.165) is 0 Å². The van der Waals surface area contributed by atoms with Crippen LogP contribution in [0.5, 0.6) is 0 Å². The molecule has 20 heavy (non-hydrogen) atoms. The lowest BCUT2D eigenvalue weighted by Crippen LogP contribution is -2.12. The minimum Gasteiger partial charge on any atom is -0.399 e. The molecular formula is C14H18ClN3O2. The van der Waals surface area contributed by atoms with Gasteiger partial charge in [-0.2, -0.15) is 4.98 Å². The van der Waals surface area contributed by atoms with Crippen LogP contribution in [0.4, 0.5) is 5.69 Å². The van der Waals surface area contributed by atoms with Gasteiger partial charge < -0.3 is 15.0 Å². The van der Waals surface area contributed by atoms with Crippen molar-refractivity contribution >= 4 is 17.3 Å². The standard InChI is InChI=1S/C14H18ClN3O2/c1-4-19-12(8(2)3)13-17-14(20-18-13)10-6-5-9(16)7-11(10)15/h5-8,12H,4,16H2,1-3H3. The predicted molar refractivity (Wildman–Crippen MR) is 78.4 cm³/mol. The highest BCUT2D eigenvalue weighted by Gasteiger charge is 2.23. The molecule has 6 heteroatoms. The van der Waals surface area contributed by atoms with Gasteiger partial charge in [-0.3, -0.25) is 0 Å². The second kappa shape index (κ2) is 6.24. The molecule has 0 radical (unpaired) electrons. The molecule has 2 aromatic rings. The van der Waals surface area contributed by atoms with E-state index in [1.165, 1.54) is 0 Å². The summed E-state index contributed by atoms with van der Waals surface area (Å²) in [7, 11) is 0. The molecule has 0 bridgehead atoms.